The van der Waals surface area contributed by atoms with E-state index in [-0.39, 0.29) is 18.3 Å². The molecule has 0 aliphatic rings. The number of benzene rings is 2. The highest BCUT2D eigenvalue weighted by atomic mass is 32.2. The van der Waals surface area contributed by atoms with Crippen LogP contribution in [0.3, 0.4) is 0 Å². The minimum absolute atomic E-state index is 0.158. The quantitative estimate of drug-likeness (QED) is 0.417. The van der Waals surface area contributed by atoms with Gasteiger partial charge in [-0.1, -0.05) is 36.0 Å². The Morgan fingerprint density at radius 3 is 2.90 bits per heavy atom. The van der Waals surface area contributed by atoms with Gasteiger partial charge in [0.2, 0.25) is 5.91 Å². The fourth-order valence-corrected chi connectivity index (χ4v) is 3.46. The average Bonchev–Trinajstić information content (AvgIpc) is 3.13. The van der Waals surface area contributed by atoms with Crippen molar-refractivity contribution in [1.82, 2.24) is 14.8 Å². The van der Waals surface area contributed by atoms with E-state index in [1.807, 2.05) is 35.8 Å². The number of hydrogen-bond donors (Lipinski definition) is 1. The number of amides is 1. The molecule has 3 aromatic rings. The zero-order chi connectivity index (χ0) is 21.3. The molecule has 3 rings (SSSR count). The highest BCUT2D eigenvalue weighted by Crippen LogP contribution is 2.20. The van der Waals surface area contributed by atoms with Gasteiger partial charge in [0, 0.05) is 12.2 Å². The van der Waals surface area contributed by atoms with Crippen LogP contribution in [0.25, 0.3) is 0 Å². The van der Waals surface area contributed by atoms with Crippen molar-refractivity contribution in [3.05, 3.63) is 78.1 Å². The van der Waals surface area contributed by atoms with Gasteiger partial charge in [0.1, 0.15) is 12.4 Å². The number of carbonyl (C=O) groups is 1. The Labute approximate surface area is 179 Å². The van der Waals surface area contributed by atoms with E-state index in [1.165, 1.54) is 11.8 Å². The molecule has 152 valence electrons. The van der Waals surface area contributed by atoms with Gasteiger partial charge in [0.05, 0.1) is 17.4 Å². The van der Waals surface area contributed by atoms with Crippen LogP contribution in [0.1, 0.15) is 17.0 Å². The van der Waals surface area contributed by atoms with E-state index in [1.54, 1.807) is 30.3 Å². The number of nitrogens with one attached hydrogen (secondary N) is 1. The molecule has 0 aliphatic carbocycles. The summed E-state index contributed by atoms with van der Waals surface area (Å²) in [5, 5.41) is 20.8. The standard InChI is InChI=1S/C22H21N5O2S/c1-3-10-27-20(14-29-19-9-4-6-16(2)11-19)25-26-22(27)30-15-21(28)24-18-8-5-7-17(12-18)13-23/h3-9,11-12H,1,10,14-15H2,2H3,(H,24,28). The first-order chi connectivity index (χ1) is 14.6. The minimum atomic E-state index is -0.194. The Hall–Kier alpha value is -3.57. The fraction of sp³-hybridized carbons (Fsp3) is 0.182. The lowest BCUT2D eigenvalue weighted by atomic mass is 10.2. The third-order valence-electron chi connectivity index (χ3n) is 4.07. The zero-order valence-corrected chi connectivity index (χ0v) is 17.4. The van der Waals surface area contributed by atoms with Gasteiger partial charge in [-0.15, -0.1) is 16.8 Å². The summed E-state index contributed by atoms with van der Waals surface area (Å²) in [6.07, 6.45) is 1.75. The van der Waals surface area contributed by atoms with E-state index in [2.05, 4.69) is 28.2 Å². The second-order valence-electron chi connectivity index (χ2n) is 6.43. The van der Waals surface area contributed by atoms with Crippen LogP contribution in [-0.4, -0.2) is 26.4 Å². The molecule has 1 heterocycles. The van der Waals surface area contributed by atoms with Gasteiger partial charge in [-0.3, -0.25) is 9.36 Å². The minimum Gasteiger partial charge on any atom is -0.486 e. The Kier molecular flexibility index (Phi) is 7.24. The number of nitrogens with zero attached hydrogens (tertiary/aromatic N) is 4. The van der Waals surface area contributed by atoms with Gasteiger partial charge in [-0.25, -0.2) is 0 Å². The number of allylic oxidation sites excluding steroid dienone is 1. The van der Waals surface area contributed by atoms with Crippen molar-refractivity contribution in [3.63, 3.8) is 0 Å². The van der Waals surface area contributed by atoms with Crippen LogP contribution in [0.4, 0.5) is 5.69 Å². The van der Waals surface area contributed by atoms with Crippen molar-refractivity contribution >= 4 is 23.4 Å². The highest BCUT2D eigenvalue weighted by molar-refractivity contribution is 7.99. The van der Waals surface area contributed by atoms with Crippen LogP contribution >= 0.6 is 11.8 Å². The van der Waals surface area contributed by atoms with Gasteiger partial charge in [-0.2, -0.15) is 5.26 Å². The normalized spacial score (nSPS) is 10.3. The molecular formula is C22H21N5O2S. The second-order valence-corrected chi connectivity index (χ2v) is 7.38. The third-order valence-corrected chi connectivity index (χ3v) is 5.04. The summed E-state index contributed by atoms with van der Waals surface area (Å²) < 4.78 is 7.70. The highest BCUT2D eigenvalue weighted by Gasteiger charge is 2.14. The molecule has 0 fully saturated rings. The maximum Gasteiger partial charge on any atom is 0.234 e. The first-order valence-electron chi connectivity index (χ1n) is 9.24. The molecule has 1 amide bonds. The molecular weight excluding hydrogens is 398 g/mol. The van der Waals surface area contributed by atoms with Gasteiger partial charge in [0.25, 0.3) is 0 Å². The molecule has 0 atom stereocenters. The van der Waals surface area contributed by atoms with Crippen LogP contribution in [0.5, 0.6) is 5.75 Å². The lowest BCUT2D eigenvalue weighted by Crippen LogP contribution is -2.15. The number of rotatable bonds is 9. The molecule has 0 aliphatic heterocycles. The van der Waals surface area contributed by atoms with Crippen LogP contribution in [-0.2, 0) is 17.9 Å². The number of thioether (sulfide) groups is 1. The summed E-state index contributed by atoms with van der Waals surface area (Å²) in [7, 11) is 0. The summed E-state index contributed by atoms with van der Waals surface area (Å²) >= 11 is 1.28. The van der Waals surface area contributed by atoms with E-state index in [4.69, 9.17) is 10.00 Å². The number of carbonyl (C=O) groups excluding carboxylic acids is 1. The number of ether oxygens (including phenoxy) is 1. The van der Waals surface area contributed by atoms with Gasteiger partial charge in [-0.05, 0) is 42.8 Å². The van der Waals surface area contributed by atoms with Crippen LogP contribution < -0.4 is 10.1 Å². The van der Waals surface area contributed by atoms with Gasteiger partial charge < -0.3 is 10.1 Å². The van der Waals surface area contributed by atoms with Crippen LogP contribution in [0.2, 0.25) is 0 Å². The molecule has 7 nitrogen and oxygen atoms in total. The van der Waals surface area contributed by atoms with Crippen molar-refractivity contribution in [2.24, 2.45) is 0 Å². The zero-order valence-electron chi connectivity index (χ0n) is 16.5. The molecule has 8 heteroatoms. The second kappa shape index (κ2) is 10.3. The fourth-order valence-electron chi connectivity index (χ4n) is 2.69. The van der Waals surface area contributed by atoms with Crippen molar-refractivity contribution in [1.29, 1.82) is 5.26 Å². The molecule has 0 saturated heterocycles. The molecule has 0 spiro atoms. The maximum atomic E-state index is 12.3. The smallest absolute Gasteiger partial charge is 0.234 e. The molecule has 1 N–H and O–H groups in total. The number of nitriles is 1. The lowest BCUT2D eigenvalue weighted by molar-refractivity contribution is -0.113. The molecule has 0 saturated carbocycles. The summed E-state index contributed by atoms with van der Waals surface area (Å²) in [6, 6.07) is 16.6. The molecule has 0 bridgehead atoms. The third kappa shape index (κ3) is 5.72. The van der Waals surface area contributed by atoms with Crippen molar-refractivity contribution in [3.8, 4) is 11.8 Å². The molecule has 0 unspecified atom stereocenters. The molecule has 0 radical (unpaired) electrons. The predicted octanol–water partition coefficient (Wildman–Crippen LogP) is 3.95. The SMILES string of the molecule is C=CCn1c(COc2cccc(C)c2)nnc1SCC(=O)Nc1cccc(C#N)c1. The Balaban J connectivity index is 1.62. The summed E-state index contributed by atoms with van der Waals surface area (Å²) in [4.78, 5) is 12.3. The first kappa shape index (κ1) is 21.1. The monoisotopic (exact) mass is 419 g/mol. The molecule has 2 aromatic carbocycles. The van der Waals surface area contributed by atoms with Crippen molar-refractivity contribution in [2.75, 3.05) is 11.1 Å². The van der Waals surface area contributed by atoms with E-state index >= 15 is 0 Å². The van der Waals surface area contributed by atoms with E-state index in [0.29, 0.717) is 28.8 Å². The van der Waals surface area contributed by atoms with Gasteiger partial charge in [0.15, 0.2) is 11.0 Å². The van der Waals surface area contributed by atoms with Crippen molar-refractivity contribution in [2.45, 2.75) is 25.2 Å². The lowest BCUT2D eigenvalue weighted by Gasteiger charge is -2.10. The Bertz CT molecular complexity index is 1090. The maximum absolute atomic E-state index is 12.3. The predicted molar refractivity (Wildman–Crippen MR) is 116 cm³/mol. The Morgan fingerprint density at radius 1 is 1.30 bits per heavy atom. The Morgan fingerprint density at radius 2 is 2.13 bits per heavy atom. The first-order valence-corrected chi connectivity index (χ1v) is 10.2. The number of aryl methyl sites for hydroxylation is 1. The summed E-state index contributed by atoms with van der Waals surface area (Å²) in [6.45, 7) is 6.56. The van der Waals surface area contributed by atoms with Crippen LogP contribution in [0.15, 0.2) is 66.3 Å². The summed E-state index contributed by atoms with van der Waals surface area (Å²) in [5.41, 5.74) is 2.19. The summed E-state index contributed by atoms with van der Waals surface area (Å²) in [5.74, 6) is 1.38. The number of hydrogen-bond acceptors (Lipinski definition) is 6. The van der Waals surface area contributed by atoms with Crippen LogP contribution in [0, 0.1) is 18.3 Å². The largest absolute Gasteiger partial charge is 0.486 e. The molecule has 30 heavy (non-hydrogen) atoms. The van der Waals surface area contributed by atoms with E-state index in [0.717, 1.165) is 11.3 Å². The number of anilines is 1. The molecule has 1 aromatic heterocycles. The van der Waals surface area contributed by atoms with E-state index < -0.39 is 0 Å². The van der Waals surface area contributed by atoms with Gasteiger partial charge >= 0.3 is 0 Å². The van der Waals surface area contributed by atoms with E-state index in [9.17, 15) is 4.79 Å². The number of aromatic nitrogens is 3. The van der Waals surface area contributed by atoms with Crippen molar-refractivity contribution < 1.29 is 9.53 Å². The topological polar surface area (TPSA) is 92.8 Å². The average molecular weight is 420 g/mol.